The molecule has 1 heterocycles. The van der Waals surface area contributed by atoms with E-state index in [1.807, 2.05) is 0 Å². The summed E-state index contributed by atoms with van der Waals surface area (Å²) in [4.78, 5) is 49.8. The molecule has 0 spiro atoms. The first kappa shape index (κ1) is 30.7. The smallest absolute Gasteiger partial charge is 0.334 e. The van der Waals surface area contributed by atoms with Gasteiger partial charge in [0.1, 0.15) is 0 Å². The number of ketones is 1. The van der Waals surface area contributed by atoms with Gasteiger partial charge in [0.15, 0.2) is 12.4 Å². The number of non-ortho nitro benzene ring substituents is 1. The zero-order valence-electron chi connectivity index (χ0n) is 22.8. The quantitative estimate of drug-likeness (QED) is 0.230. The molecular weight excluding hydrogens is 496 g/mol. The van der Waals surface area contributed by atoms with Crippen LogP contribution >= 0.6 is 0 Å². The lowest BCUT2D eigenvalue weighted by Crippen LogP contribution is -2.41. The van der Waals surface area contributed by atoms with Gasteiger partial charge in [-0.3, -0.25) is 19.7 Å². The van der Waals surface area contributed by atoms with Crippen LogP contribution in [-0.2, 0) is 28.6 Å². The van der Waals surface area contributed by atoms with E-state index in [1.165, 1.54) is 24.3 Å². The molecular formula is C27H36N2O9. The van der Waals surface area contributed by atoms with Gasteiger partial charge in [-0.25, -0.2) is 4.79 Å². The van der Waals surface area contributed by atoms with Gasteiger partial charge in [0, 0.05) is 36.8 Å². The number of rotatable bonds is 12. The maximum absolute atomic E-state index is 13.7. The van der Waals surface area contributed by atoms with Crippen molar-refractivity contribution in [1.29, 1.82) is 0 Å². The average molecular weight is 533 g/mol. The van der Waals surface area contributed by atoms with Crippen LogP contribution in [0.25, 0.3) is 0 Å². The van der Waals surface area contributed by atoms with Gasteiger partial charge in [-0.2, -0.15) is 0 Å². The van der Waals surface area contributed by atoms with Crippen molar-refractivity contribution in [2.75, 3.05) is 19.8 Å². The summed E-state index contributed by atoms with van der Waals surface area (Å²) in [6.07, 6.45) is -1.41. The van der Waals surface area contributed by atoms with Crippen LogP contribution in [0.3, 0.4) is 0 Å². The number of esters is 1. The van der Waals surface area contributed by atoms with Crippen LogP contribution in [0.2, 0.25) is 0 Å². The van der Waals surface area contributed by atoms with Crippen LogP contribution in [-0.4, -0.2) is 59.8 Å². The lowest BCUT2D eigenvalue weighted by atomic mass is 9.77. The molecule has 0 aromatic heterocycles. The molecule has 0 aliphatic carbocycles. The Kier molecular flexibility index (Phi) is 10.3. The Morgan fingerprint density at radius 2 is 1.61 bits per heavy atom. The van der Waals surface area contributed by atoms with Crippen LogP contribution in [0, 0.1) is 15.5 Å². The number of nitro benzene ring substituents is 1. The molecule has 38 heavy (non-hydrogen) atoms. The number of dihydropyridines is 1. The number of ether oxygens (including phenoxy) is 3. The lowest BCUT2D eigenvalue weighted by Gasteiger charge is -2.36. The molecule has 2 unspecified atom stereocenters. The number of nitrogens with zero attached hydrogens (tertiary/aromatic N) is 1. The summed E-state index contributed by atoms with van der Waals surface area (Å²) in [5.41, 5.74) is -0.677. The highest BCUT2D eigenvalue weighted by atomic mass is 16.6. The number of carboxylic acids is 1. The van der Waals surface area contributed by atoms with E-state index in [1.54, 1.807) is 48.5 Å². The minimum Gasteiger partial charge on any atom is -0.478 e. The van der Waals surface area contributed by atoms with Gasteiger partial charge in [0.05, 0.1) is 39.5 Å². The minimum atomic E-state index is -1.34. The predicted molar refractivity (Wildman–Crippen MR) is 138 cm³/mol. The van der Waals surface area contributed by atoms with Crippen molar-refractivity contribution in [3.63, 3.8) is 0 Å². The van der Waals surface area contributed by atoms with E-state index in [2.05, 4.69) is 5.32 Å². The van der Waals surface area contributed by atoms with E-state index >= 15 is 0 Å². The first-order chi connectivity index (χ1) is 17.7. The zero-order chi connectivity index (χ0) is 28.8. The van der Waals surface area contributed by atoms with Crippen molar-refractivity contribution in [2.24, 2.45) is 5.41 Å². The first-order valence-corrected chi connectivity index (χ1v) is 12.4. The van der Waals surface area contributed by atoms with E-state index in [4.69, 9.17) is 14.2 Å². The summed E-state index contributed by atoms with van der Waals surface area (Å²) in [6.45, 7) is 11.7. The second-order valence-electron chi connectivity index (χ2n) is 9.81. The highest BCUT2D eigenvalue weighted by molar-refractivity contribution is 6.04. The Hall–Kier alpha value is -3.57. The molecule has 1 aliphatic rings. The van der Waals surface area contributed by atoms with Crippen LogP contribution < -0.4 is 5.32 Å². The standard InChI is InChI=1S/C27H36N2O9/c1-8-36-15(3)23-21(19(30)14-38-26(33)27(5,6)7)20(17-11-10-12-18(13-17)29(34)35)22(25(31)32)24(28-23)16(4)37-9-2/h10-13,15-16,20,28H,8-9,14H2,1-7H3,(H,31,32)/t15?,16?,20-/m0/s1. The summed E-state index contributed by atoms with van der Waals surface area (Å²) in [6, 6.07) is 5.46. The molecule has 1 aromatic carbocycles. The molecule has 2 N–H and O–H groups in total. The van der Waals surface area contributed by atoms with Gasteiger partial charge < -0.3 is 24.6 Å². The minimum absolute atomic E-state index is 0.0157. The van der Waals surface area contributed by atoms with Gasteiger partial charge >= 0.3 is 11.9 Å². The van der Waals surface area contributed by atoms with Gasteiger partial charge in [0.25, 0.3) is 5.69 Å². The Labute approximate surface area is 222 Å². The Morgan fingerprint density at radius 3 is 2.08 bits per heavy atom. The summed E-state index contributed by atoms with van der Waals surface area (Å²) < 4.78 is 16.7. The van der Waals surface area contributed by atoms with Crippen molar-refractivity contribution in [2.45, 2.75) is 66.6 Å². The largest absolute Gasteiger partial charge is 0.478 e. The van der Waals surface area contributed by atoms with Crippen LogP contribution in [0.1, 0.15) is 59.9 Å². The van der Waals surface area contributed by atoms with Crippen molar-refractivity contribution in [1.82, 2.24) is 5.32 Å². The van der Waals surface area contributed by atoms with Crippen molar-refractivity contribution in [3.8, 4) is 0 Å². The highest BCUT2D eigenvalue weighted by Gasteiger charge is 2.42. The molecule has 11 heteroatoms. The summed E-state index contributed by atoms with van der Waals surface area (Å²) >= 11 is 0. The van der Waals surface area contributed by atoms with E-state index in [0.717, 1.165) is 0 Å². The number of hydrogen-bond acceptors (Lipinski definition) is 9. The Bertz CT molecular complexity index is 1150. The van der Waals surface area contributed by atoms with Gasteiger partial charge in [0.2, 0.25) is 0 Å². The number of nitro groups is 1. The second kappa shape index (κ2) is 12.8. The molecule has 0 amide bonds. The second-order valence-corrected chi connectivity index (χ2v) is 9.81. The maximum Gasteiger partial charge on any atom is 0.334 e. The Balaban J connectivity index is 2.84. The number of carboxylic acid groups (broad SMARTS) is 1. The summed E-state index contributed by atoms with van der Waals surface area (Å²) in [5.74, 6) is -3.84. The van der Waals surface area contributed by atoms with E-state index in [0.29, 0.717) is 6.61 Å². The fourth-order valence-electron chi connectivity index (χ4n) is 4.17. The fourth-order valence-corrected chi connectivity index (χ4v) is 4.17. The van der Waals surface area contributed by atoms with E-state index in [9.17, 15) is 29.6 Å². The summed E-state index contributed by atoms with van der Waals surface area (Å²) in [7, 11) is 0. The van der Waals surface area contributed by atoms with Gasteiger partial charge in [-0.05, 0) is 54.0 Å². The van der Waals surface area contributed by atoms with Crippen LogP contribution in [0.15, 0.2) is 46.8 Å². The number of carbonyl (C=O) groups excluding carboxylic acids is 2. The van der Waals surface area contributed by atoms with Crippen molar-refractivity contribution >= 4 is 23.4 Å². The third-order valence-electron chi connectivity index (χ3n) is 5.97. The number of nitrogens with one attached hydrogen (secondary N) is 1. The van der Waals surface area contributed by atoms with Crippen molar-refractivity contribution in [3.05, 3.63) is 62.5 Å². The number of aliphatic carboxylic acids is 1. The van der Waals surface area contributed by atoms with E-state index in [-0.39, 0.29) is 40.4 Å². The highest BCUT2D eigenvalue weighted by Crippen LogP contribution is 2.42. The Morgan fingerprint density at radius 1 is 1.05 bits per heavy atom. The van der Waals surface area contributed by atoms with Gasteiger partial charge in [-0.15, -0.1) is 0 Å². The number of Topliss-reactive ketones (excluding diaryl/α,β-unsaturated/α-hetero) is 1. The third kappa shape index (κ3) is 7.05. The third-order valence-corrected chi connectivity index (χ3v) is 5.97. The number of carbonyl (C=O) groups is 3. The molecule has 1 aliphatic heterocycles. The molecule has 3 atom stereocenters. The topological polar surface area (TPSA) is 154 Å². The maximum atomic E-state index is 13.7. The molecule has 0 saturated carbocycles. The molecule has 0 bridgehead atoms. The molecule has 0 saturated heterocycles. The molecule has 0 fully saturated rings. The number of hydrogen-bond donors (Lipinski definition) is 2. The first-order valence-electron chi connectivity index (χ1n) is 12.4. The number of benzene rings is 1. The lowest BCUT2D eigenvalue weighted by molar-refractivity contribution is -0.384. The molecule has 208 valence electrons. The molecule has 11 nitrogen and oxygen atoms in total. The van der Waals surface area contributed by atoms with Crippen molar-refractivity contribution < 1.29 is 38.6 Å². The van der Waals surface area contributed by atoms with Crippen LogP contribution in [0.5, 0.6) is 0 Å². The monoisotopic (exact) mass is 532 g/mol. The summed E-state index contributed by atoms with van der Waals surface area (Å²) in [5, 5.41) is 25.0. The van der Waals surface area contributed by atoms with Gasteiger partial charge in [-0.1, -0.05) is 12.1 Å². The normalized spacial score (nSPS) is 17.5. The predicted octanol–water partition coefficient (Wildman–Crippen LogP) is 3.88. The van der Waals surface area contributed by atoms with E-state index < -0.39 is 52.8 Å². The molecule has 0 radical (unpaired) electrons. The fraction of sp³-hybridized carbons (Fsp3) is 0.519. The molecule has 2 rings (SSSR count). The van der Waals surface area contributed by atoms with Crippen LogP contribution in [0.4, 0.5) is 5.69 Å². The average Bonchev–Trinajstić information content (AvgIpc) is 2.85. The zero-order valence-corrected chi connectivity index (χ0v) is 22.8. The molecule has 1 aromatic rings. The SMILES string of the molecule is CCOC(C)C1=C(C(=O)O)[C@@H](c2cccc([N+](=O)[O-])c2)C(C(=O)COC(=O)C(C)(C)C)=C(C(C)OCC)N1.